The van der Waals surface area contributed by atoms with Gasteiger partial charge in [0.1, 0.15) is 12.4 Å². The number of benzene rings is 3. The minimum atomic E-state index is -0.245. The smallest absolute Gasteiger partial charge is 0.293 e. The van der Waals surface area contributed by atoms with E-state index in [0.29, 0.717) is 18.1 Å². The van der Waals surface area contributed by atoms with E-state index in [9.17, 15) is 9.59 Å². The number of imide groups is 1. The SMILES string of the molecule is Cc1cc(/C=C2\SC(=O)N(Cc3cccc4ccccc34)C2=O)c(C)n1CCOc1ccccc1. The van der Waals surface area contributed by atoms with Gasteiger partial charge >= 0.3 is 0 Å². The van der Waals surface area contributed by atoms with Crippen molar-refractivity contribution in [2.45, 2.75) is 26.9 Å². The van der Waals surface area contributed by atoms with Crippen LogP contribution >= 0.6 is 11.8 Å². The zero-order chi connectivity index (χ0) is 24.4. The van der Waals surface area contributed by atoms with Gasteiger partial charge in [-0.3, -0.25) is 14.5 Å². The first-order valence-electron chi connectivity index (χ1n) is 11.6. The van der Waals surface area contributed by atoms with Crippen LogP contribution in [0.4, 0.5) is 4.79 Å². The van der Waals surface area contributed by atoms with Crippen molar-refractivity contribution < 1.29 is 14.3 Å². The van der Waals surface area contributed by atoms with E-state index in [1.807, 2.05) is 92.7 Å². The molecule has 2 heterocycles. The number of amides is 2. The molecule has 6 heteroatoms. The second-order valence-corrected chi connectivity index (χ2v) is 9.54. The molecule has 3 aromatic carbocycles. The molecule has 5 nitrogen and oxygen atoms in total. The maximum absolute atomic E-state index is 13.2. The van der Waals surface area contributed by atoms with Gasteiger partial charge in [0.25, 0.3) is 11.1 Å². The molecule has 0 radical (unpaired) electrons. The number of thioether (sulfide) groups is 1. The second-order valence-electron chi connectivity index (χ2n) is 8.55. The maximum atomic E-state index is 13.2. The van der Waals surface area contributed by atoms with Crippen LogP contribution in [-0.2, 0) is 17.9 Å². The van der Waals surface area contributed by atoms with Gasteiger partial charge in [-0.1, -0.05) is 60.7 Å². The number of para-hydroxylation sites is 1. The average Bonchev–Trinajstić information content (AvgIpc) is 3.29. The summed E-state index contributed by atoms with van der Waals surface area (Å²) in [7, 11) is 0. The Morgan fingerprint density at radius 3 is 2.49 bits per heavy atom. The highest BCUT2D eigenvalue weighted by atomic mass is 32.2. The van der Waals surface area contributed by atoms with E-state index < -0.39 is 0 Å². The molecule has 35 heavy (non-hydrogen) atoms. The number of carbonyl (C=O) groups is 2. The summed E-state index contributed by atoms with van der Waals surface area (Å²) in [5.41, 5.74) is 4.03. The Hall–Kier alpha value is -3.77. The zero-order valence-corrected chi connectivity index (χ0v) is 20.5. The fourth-order valence-electron chi connectivity index (χ4n) is 4.47. The topological polar surface area (TPSA) is 51.5 Å². The molecular weight excluding hydrogens is 456 g/mol. The molecule has 0 bridgehead atoms. The first-order valence-corrected chi connectivity index (χ1v) is 12.4. The first kappa shape index (κ1) is 23.0. The summed E-state index contributed by atoms with van der Waals surface area (Å²) in [4.78, 5) is 27.7. The van der Waals surface area contributed by atoms with Crippen LogP contribution in [0.2, 0.25) is 0 Å². The molecule has 0 spiro atoms. The molecule has 0 N–H and O–H groups in total. The number of hydrogen-bond acceptors (Lipinski definition) is 4. The minimum Gasteiger partial charge on any atom is -0.492 e. The summed E-state index contributed by atoms with van der Waals surface area (Å²) >= 11 is 1.00. The molecule has 0 unspecified atom stereocenters. The molecule has 0 aliphatic carbocycles. The number of fused-ring (bicyclic) bond motifs is 1. The summed E-state index contributed by atoms with van der Waals surface area (Å²) < 4.78 is 8.02. The van der Waals surface area contributed by atoms with E-state index in [0.717, 1.165) is 50.8 Å². The molecular formula is C29H26N2O3S. The van der Waals surface area contributed by atoms with Gasteiger partial charge in [-0.05, 0) is 71.8 Å². The minimum absolute atomic E-state index is 0.237. The third kappa shape index (κ3) is 4.75. The predicted octanol–water partition coefficient (Wildman–Crippen LogP) is 6.57. The van der Waals surface area contributed by atoms with E-state index in [1.165, 1.54) is 4.90 Å². The van der Waals surface area contributed by atoms with Crippen molar-refractivity contribution in [2.24, 2.45) is 0 Å². The Balaban J connectivity index is 1.32. The molecule has 1 fully saturated rings. The lowest BCUT2D eigenvalue weighted by Crippen LogP contribution is -2.27. The van der Waals surface area contributed by atoms with Gasteiger partial charge in [0.2, 0.25) is 0 Å². The average molecular weight is 483 g/mol. The fourth-order valence-corrected chi connectivity index (χ4v) is 5.30. The third-order valence-corrected chi connectivity index (χ3v) is 7.22. The van der Waals surface area contributed by atoms with Gasteiger partial charge in [0.05, 0.1) is 18.0 Å². The maximum Gasteiger partial charge on any atom is 0.293 e. The summed E-state index contributed by atoms with van der Waals surface area (Å²) in [5.74, 6) is 0.597. The largest absolute Gasteiger partial charge is 0.492 e. The molecule has 0 atom stereocenters. The molecule has 5 rings (SSSR count). The van der Waals surface area contributed by atoms with Gasteiger partial charge in [-0.15, -0.1) is 0 Å². The monoisotopic (exact) mass is 482 g/mol. The van der Waals surface area contributed by atoms with Crippen LogP contribution in [0, 0.1) is 13.8 Å². The molecule has 4 aromatic rings. The summed E-state index contributed by atoms with van der Waals surface area (Å²) in [6.07, 6.45) is 1.84. The van der Waals surface area contributed by atoms with Crippen LogP contribution in [0.25, 0.3) is 16.8 Å². The molecule has 1 aliphatic rings. The highest BCUT2D eigenvalue weighted by Gasteiger charge is 2.35. The predicted molar refractivity (Wildman–Crippen MR) is 141 cm³/mol. The van der Waals surface area contributed by atoms with E-state index in [-0.39, 0.29) is 17.7 Å². The third-order valence-electron chi connectivity index (χ3n) is 6.31. The lowest BCUT2D eigenvalue weighted by atomic mass is 10.0. The van der Waals surface area contributed by atoms with Crippen LogP contribution in [0.15, 0.2) is 83.8 Å². The highest BCUT2D eigenvalue weighted by molar-refractivity contribution is 8.18. The summed E-state index contributed by atoms with van der Waals surface area (Å²) in [6.45, 7) is 5.57. The van der Waals surface area contributed by atoms with Crippen molar-refractivity contribution in [1.29, 1.82) is 0 Å². The zero-order valence-electron chi connectivity index (χ0n) is 19.7. The van der Waals surface area contributed by atoms with Crippen LogP contribution < -0.4 is 4.74 Å². The van der Waals surface area contributed by atoms with E-state index >= 15 is 0 Å². The van der Waals surface area contributed by atoms with Gasteiger partial charge in [-0.25, -0.2) is 0 Å². The van der Waals surface area contributed by atoms with E-state index in [4.69, 9.17) is 4.74 Å². The Bertz CT molecular complexity index is 1430. The molecule has 176 valence electrons. The number of nitrogens with zero attached hydrogens (tertiary/aromatic N) is 2. The lowest BCUT2D eigenvalue weighted by molar-refractivity contribution is -0.123. The number of rotatable bonds is 7. The Morgan fingerprint density at radius 2 is 1.66 bits per heavy atom. The van der Waals surface area contributed by atoms with E-state index in [1.54, 1.807) is 0 Å². The highest BCUT2D eigenvalue weighted by Crippen LogP contribution is 2.35. The normalized spacial score (nSPS) is 14.9. The number of ether oxygens (including phenoxy) is 1. The van der Waals surface area contributed by atoms with Crippen molar-refractivity contribution in [3.05, 3.63) is 106 Å². The van der Waals surface area contributed by atoms with Crippen molar-refractivity contribution in [2.75, 3.05) is 6.61 Å². The second kappa shape index (κ2) is 9.84. The van der Waals surface area contributed by atoms with Crippen LogP contribution in [-0.4, -0.2) is 27.2 Å². The Kier molecular flexibility index (Phi) is 6.47. The van der Waals surface area contributed by atoms with E-state index in [2.05, 4.69) is 10.6 Å². The molecule has 2 amide bonds. The first-order chi connectivity index (χ1) is 17.0. The van der Waals surface area contributed by atoms with Gasteiger partial charge in [-0.2, -0.15) is 0 Å². The van der Waals surface area contributed by atoms with Crippen LogP contribution in [0.5, 0.6) is 5.75 Å². The summed E-state index contributed by atoms with van der Waals surface area (Å²) in [6, 6.07) is 25.8. The van der Waals surface area contributed by atoms with Crippen LogP contribution in [0.1, 0.15) is 22.5 Å². The standard InChI is InChI=1S/C29H26N2O3S/c1-20-17-24(21(2)30(20)15-16-34-25-12-4-3-5-13-25)18-27-28(32)31(29(33)35-27)19-23-11-8-10-22-9-6-7-14-26(22)23/h3-14,17-18H,15-16,19H2,1-2H3/b27-18-. The molecule has 1 aliphatic heterocycles. The van der Waals surface area contributed by atoms with Crippen molar-refractivity contribution in [1.82, 2.24) is 9.47 Å². The molecule has 1 aromatic heterocycles. The number of hydrogen-bond donors (Lipinski definition) is 0. The quantitative estimate of drug-likeness (QED) is 0.280. The molecule has 1 saturated heterocycles. The van der Waals surface area contributed by atoms with Crippen molar-refractivity contribution >= 4 is 39.8 Å². The number of aromatic nitrogens is 1. The van der Waals surface area contributed by atoms with Crippen molar-refractivity contribution in [3.63, 3.8) is 0 Å². The van der Waals surface area contributed by atoms with Gasteiger partial charge in [0, 0.05) is 11.4 Å². The Labute approximate surface area is 209 Å². The number of carbonyl (C=O) groups excluding carboxylic acids is 2. The number of aryl methyl sites for hydroxylation is 1. The Morgan fingerprint density at radius 1 is 0.914 bits per heavy atom. The van der Waals surface area contributed by atoms with Gasteiger partial charge in [0.15, 0.2) is 0 Å². The summed E-state index contributed by atoms with van der Waals surface area (Å²) in [5, 5.41) is 1.91. The van der Waals surface area contributed by atoms with Gasteiger partial charge < -0.3 is 9.30 Å². The molecule has 0 saturated carbocycles. The van der Waals surface area contributed by atoms with Crippen LogP contribution in [0.3, 0.4) is 0 Å². The fraction of sp³-hybridized carbons (Fsp3) is 0.172. The van der Waals surface area contributed by atoms with Crippen molar-refractivity contribution in [3.8, 4) is 5.75 Å². The lowest BCUT2D eigenvalue weighted by Gasteiger charge is -2.14.